The maximum absolute atomic E-state index is 6.21. The van der Waals surface area contributed by atoms with Crippen LogP contribution in [0, 0.1) is 0 Å². The fourth-order valence-electron chi connectivity index (χ4n) is 2.91. The molecule has 2 bridgehead atoms. The molecule has 4 rings (SSSR count). The van der Waals surface area contributed by atoms with E-state index in [4.69, 9.17) is 4.74 Å². The molecule has 2 aromatic carbocycles. The van der Waals surface area contributed by atoms with Crippen molar-refractivity contribution in [2.45, 2.75) is 11.7 Å². The number of fused-ring (bicyclic) bond motifs is 5. The summed E-state index contributed by atoms with van der Waals surface area (Å²) in [4.78, 5) is 0. The molecule has 0 N–H and O–H groups in total. The van der Waals surface area contributed by atoms with Crippen LogP contribution in [-0.2, 0) is 10.3 Å². The minimum atomic E-state index is -0.345. The van der Waals surface area contributed by atoms with Crippen molar-refractivity contribution in [2.24, 2.45) is 0 Å². The molecule has 2 aromatic rings. The summed E-state index contributed by atoms with van der Waals surface area (Å²) in [7, 11) is 0. The van der Waals surface area contributed by atoms with Crippen LogP contribution in [0.5, 0.6) is 0 Å². The molecule has 0 aromatic heterocycles. The highest BCUT2D eigenvalue weighted by Crippen LogP contribution is 2.53. The first-order chi connectivity index (χ1) is 8.40. The number of hydrogen-bond acceptors (Lipinski definition) is 1. The van der Waals surface area contributed by atoms with Gasteiger partial charge >= 0.3 is 0 Å². The van der Waals surface area contributed by atoms with E-state index in [9.17, 15) is 0 Å². The van der Waals surface area contributed by atoms with Crippen molar-refractivity contribution in [1.29, 1.82) is 0 Å². The molecule has 0 spiro atoms. The zero-order valence-electron chi connectivity index (χ0n) is 9.34. The maximum atomic E-state index is 6.21. The lowest BCUT2D eigenvalue weighted by Gasteiger charge is -2.24. The molecule has 0 aliphatic carbocycles. The average Bonchev–Trinajstić information content (AvgIpc) is 2.98. The van der Waals surface area contributed by atoms with E-state index in [2.05, 4.69) is 60.7 Å². The Labute approximate surface area is 100 Å². The Morgan fingerprint density at radius 3 is 2.53 bits per heavy atom. The van der Waals surface area contributed by atoms with Gasteiger partial charge in [0, 0.05) is 0 Å². The number of rotatable bonds is 1. The molecule has 2 unspecified atom stereocenters. The van der Waals surface area contributed by atoms with Crippen molar-refractivity contribution in [3.63, 3.8) is 0 Å². The lowest BCUT2D eigenvalue weighted by molar-refractivity contribution is 0.0270. The lowest BCUT2D eigenvalue weighted by atomic mass is 9.82. The number of benzene rings is 2. The van der Waals surface area contributed by atoms with Crippen LogP contribution in [-0.4, -0.2) is 0 Å². The Kier molecular flexibility index (Phi) is 1.67. The minimum Gasteiger partial charge on any atom is -0.349 e. The van der Waals surface area contributed by atoms with Gasteiger partial charge in [-0.25, -0.2) is 0 Å². The predicted molar refractivity (Wildman–Crippen MR) is 66.6 cm³/mol. The van der Waals surface area contributed by atoms with Gasteiger partial charge in [-0.1, -0.05) is 60.7 Å². The van der Waals surface area contributed by atoms with Crippen molar-refractivity contribution in [3.8, 4) is 0 Å². The molecule has 17 heavy (non-hydrogen) atoms. The summed E-state index contributed by atoms with van der Waals surface area (Å²) < 4.78 is 6.21. The van der Waals surface area contributed by atoms with Crippen LogP contribution in [0.25, 0.3) is 0 Å². The number of ether oxygens (including phenoxy) is 1. The van der Waals surface area contributed by atoms with Crippen LogP contribution < -0.4 is 0 Å². The zero-order chi connectivity index (χ0) is 11.3. The van der Waals surface area contributed by atoms with Gasteiger partial charge in [-0.2, -0.15) is 0 Å². The van der Waals surface area contributed by atoms with Crippen LogP contribution in [0.1, 0.15) is 22.8 Å². The topological polar surface area (TPSA) is 9.23 Å². The van der Waals surface area contributed by atoms with Gasteiger partial charge < -0.3 is 4.74 Å². The average molecular weight is 220 g/mol. The molecule has 1 heteroatoms. The maximum Gasteiger partial charge on any atom is 0.138 e. The molecule has 0 saturated carbocycles. The van der Waals surface area contributed by atoms with Gasteiger partial charge in [0.25, 0.3) is 0 Å². The molecule has 1 nitrogen and oxygen atoms in total. The quantitative estimate of drug-likeness (QED) is 0.667. The van der Waals surface area contributed by atoms with Crippen molar-refractivity contribution in [1.82, 2.24) is 0 Å². The molecule has 0 saturated heterocycles. The van der Waals surface area contributed by atoms with Crippen LogP contribution in [0.15, 0.2) is 66.7 Å². The van der Waals surface area contributed by atoms with Crippen molar-refractivity contribution < 1.29 is 4.74 Å². The van der Waals surface area contributed by atoms with Crippen molar-refractivity contribution >= 4 is 0 Å². The van der Waals surface area contributed by atoms with E-state index >= 15 is 0 Å². The molecule has 0 radical (unpaired) electrons. The van der Waals surface area contributed by atoms with Crippen LogP contribution >= 0.6 is 0 Å². The highest BCUT2D eigenvalue weighted by molar-refractivity contribution is 5.54. The van der Waals surface area contributed by atoms with Gasteiger partial charge in [-0.05, 0) is 22.8 Å². The third-order valence-electron chi connectivity index (χ3n) is 3.69. The highest BCUT2D eigenvalue weighted by atomic mass is 16.5. The molecule has 0 amide bonds. The summed E-state index contributed by atoms with van der Waals surface area (Å²) in [5, 5.41) is 0. The fourth-order valence-corrected chi connectivity index (χ4v) is 2.91. The summed E-state index contributed by atoms with van der Waals surface area (Å²) >= 11 is 0. The first kappa shape index (κ1) is 9.20. The predicted octanol–water partition coefficient (Wildman–Crippen LogP) is 3.57. The first-order valence-electron chi connectivity index (χ1n) is 5.92. The minimum absolute atomic E-state index is 0.131. The first-order valence-corrected chi connectivity index (χ1v) is 5.92. The largest absolute Gasteiger partial charge is 0.349 e. The molecular formula is C16H12O. The summed E-state index contributed by atoms with van der Waals surface area (Å²) in [5.41, 5.74) is 3.46. The second-order valence-electron chi connectivity index (χ2n) is 4.59. The van der Waals surface area contributed by atoms with E-state index in [0.29, 0.717) is 0 Å². The van der Waals surface area contributed by atoms with Gasteiger partial charge in [0.05, 0.1) is 0 Å². The van der Waals surface area contributed by atoms with Gasteiger partial charge in [0.15, 0.2) is 0 Å². The SMILES string of the molecule is C1=CC2(c3ccccc3)OC1c1ccccc12. The molecule has 2 heterocycles. The zero-order valence-corrected chi connectivity index (χ0v) is 9.34. The normalized spacial score (nSPS) is 28.4. The number of hydrogen-bond donors (Lipinski definition) is 0. The molecule has 82 valence electrons. The van der Waals surface area contributed by atoms with E-state index < -0.39 is 0 Å². The van der Waals surface area contributed by atoms with Gasteiger partial charge in [0.2, 0.25) is 0 Å². The Morgan fingerprint density at radius 1 is 0.882 bits per heavy atom. The van der Waals surface area contributed by atoms with Crippen molar-refractivity contribution in [2.75, 3.05) is 0 Å². The van der Waals surface area contributed by atoms with Gasteiger partial charge in [-0.3, -0.25) is 0 Å². The second kappa shape index (κ2) is 3.08. The van der Waals surface area contributed by atoms with Gasteiger partial charge in [0.1, 0.15) is 11.7 Å². The third-order valence-corrected chi connectivity index (χ3v) is 3.69. The Balaban J connectivity index is 1.99. The fraction of sp³-hybridized carbons (Fsp3) is 0.125. The Morgan fingerprint density at radius 2 is 1.65 bits per heavy atom. The Bertz CT molecular complexity index is 600. The third kappa shape index (κ3) is 1.07. The van der Waals surface area contributed by atoms with Crippen LogP contribution in [0.2, 0.25) is 0 Å². The molecule has 2 aliphatic heterocycles. The van der Waals surface area contributed by atoms with E-state index in [1.54, 1.807) is 0 Å². The van der Waals surface area contributed by atoms with E-state index in [0.717, 1.165) is 0 Å². The van der Waals surface area contributed by atoms with E-state index in [1.807, 2.05) is 6.07 Å². The van der Waals surface area contributed by atoms with E-state index in [-0.39, 0.29) is 11.7 Å². The summed E-state index contributed by atoms with van der Waals surface area (Å²) in [6.45, 7) is 0. The highest BCUT2D eigenvalue weighted by Gasteiger charge is 2.47. The van der Waals surface area contributed by atoms with Crippen LogP contribution in [0.4, 0.5) is 0 Å². The van der Waals surface area contributed by atoms with E-state index in [1.165, 1.54) is 16.7 Å². The van der Waals surface area contributed by atoms with Crippen LogP contribution in [0.3, 0.4) is 0 Å². The molecule has 2 aliphatic rings. The van der Waals surface area contributed by atoms with Crippen molar-refractivity contribution in [3.05, 3.63) is 83.4 Å². The smallest absolute Gasteiger partial charge is 0.138 e. The monoisotopic (exact) mass is 220 g/mol. The standard InChI is InChI=1S/C16H12O/c1-2-6-12(7-3-1)16-11-10-15(17-16)13-8-4-5-9-14(13)16/h1-11,15H. The lowest BCUT2D eigenvalue weighted by Crippen LogP contribution is -2.22. The van der Waals surface area contributed by atoms with Gasteiger partial charge in [-0.15, -0.1) is 0 Å². The Hall–Kier alpha value is -1.86. The summed E-state index contributed by atoms with van der Waals surface area (Å²) in [6.07, 6.45) is 4.48. The summed E-state index contributed by atoms with van der Waals surface area (Å²) in [6, 6.07) is 18.9. The second-order valence-corrected chi connectivity index (χ2v) is 4.59. The summed E-state index contributed by atoms with van der Waals surface area (Å²) in [5.74, 6) is 0. The molecular weight excluding hydrogens is 208 g/mol. The molecule has 0 fully saturated rings. The molecule has 2 atom stereocenters.